The van der Waals surface area contributed by atoms with Gasteiger partial charge in [0.05, 0.1) is 11.4 Å². The van der Waals surface area contributed by atoms with Crippen LogP contribution in [0.1, 0.15) is 24.2 Å². The smallest absolute Gasteiger partial charge is 0.262 e. The summed E-state index contributed by atoms with van der Waals surface area (Å²) in [7, 11) is 0. The molecule has 0 saturated carbocycles. The van der Waals surface area contributed by atoms with Gasteiger partial charge < -0.3 is 5.73 Å². The number of nitrogens with two attached hydrogens (primary N) is 1. The van der Waals surface area contributed by atoms with Crippen LogP contribution in [0, 0.1) is 0 Å². The van der Waals surface area contributed by atoms with E-state index in [0.29, 0.717) is 22.7 Å². The van der Waals surface area contributed by atoms with Crippen molar-refractivity contribution < 1.29 is 4.79 Å². The maximum Gasteiger partial charge on any atom is 0.262 e. The van der Waals surface area contributed by atoms with Crippen molar-refractivity contribution in [2.75, 3.05) is 0 Å². The summed E-state index contributed by atoms with van der Waals surface area (Å²) < 4.78 is 0. The monoisotopic (exact) mass is 320 g/mol. The molecule has 1 rings (SSSR count). The molecule has 0 aromatic heterocycles. The van der Waals surface area contributed by atoms with Gasteiger partial charge in [0.1, 0.15) is 0 Å². The van der Waals surface area contributed by atoms with Crippen LogP contribution in [0.2, 0.25) is 0 Å². The van der Waals surface area contributed by atoms with Crippen molar-refractivity contribution in [3.05, 3.63) is 109 Å². The molecule has 0 heterocycles. The van der Waals surface area contributed by atoms with Crippen LogP contribution in [-0.4, -0.2) is 10.8 Å². The van der Waals surface area contributed by atoms with Gasteiger partial charge in [0.2, 0.25) is 0 Å². The van der Waals surface area contributed by atoms with Crippen molar-refractivity contribution in [3.63, 3.8) is 0 Å². The zero-order chi connectivity index (χ0) is 17.9. The van der Waals surface area contributed by atoms with Crippen molar-refractivity contribution in [3.8, 4) is 0 Å². The maximum atomic E-state index is 13.1. The fourth-order valence-electron chi connectivity index (χ4n) is 2.13. The number of amides is 1. The second-order valence-electron chi connectivity index (χ2n) is 4.88. The quantitative estimate of drug-likeness (QED) is 0.740. The molecule has 0 fully saturated rings. The number of nitrogens with zero attached hydrogens (tertiary/aromatic N) is 1. The average Bonchev–Trinajstić information content (AvgIpc) is 2.61. The molecule has 0 saturated heterocycles. The number of carbonyl (C=O) groups excluding carboxylic acids is 1. The topological polar surface area (TPSA) is 46.3 Å². The lowest BCUT2D eigenvalue weighted by atomic mass is 10.1. The van der Waals surface area contributed by atoms with Crippen LogP contribution in [0.3, 0.4) is 0 Å². The zero-order valence-corrected chi connectivity index (χ0v) is 14.3. The fourth-order valence-corrected chi connectivity index (χ4v) is 2.13. The second kappa shape index (κ2) is 9.85. The Bertz CT molecular complexity index is 707. The molecular formula is C21H24N2O. The molecule has 1 amide bonds. The van der Waals surface area contributed by atoms with E-state index in [0.717, 1.165) is 0 Å². The third kappa shape index (κ3) is 4.71. The molecule has 0 spiro atoms. The number of hydrogen-bond donors (Lipinski definition) is 1. The average molecular weight is 320 g/mol. The van der Waals surface area contributed by atoms with Crippen molar-refractivity contribution in [1.29, 1.82) is 0 Å². The highest BCUT2D eigenvalue weighted by molar-refractivity contribution is 5.97. The lowest BCUT2D eigenvalue weighted by Crippen LogP contribution is -2.30. The Morgan fingerprint density at radius 3 is 2.21 bits per heavy atom. The molecule has 0 aliphatic heterocycles. The number of rotatable bonds is 7. The van der Waals surface area contributed by atoms with Crippen LogP contribution in [0.4, 0.5) is 0 Å². The van der Waals surface area contributed by atoms with Gasteiger partial charge >= 0.3 is 0 Å². The molecule has 3 heteroatoms. The first-order valence-corrected chi connectivity index (χ1v) is 7.70. The zero-order valence-electron chi connectivity index (χ0n) is 14.3. The minimum absolute atomic E-state index is 0.181. The molecule has 1 aromatic rings. The van der Waals surface area contributed by atoms with Gasteiger partial charge in [-0.1, -0.05) is 49.6 Å². The third-order valence-electron chi connectivity index (χ3n) is 3.19. The summed E-state index contributed by atoms with van der Waals surface area (Å²) in [6, 6.07) is 9.07. The highest BCUT2D eigenvalue weighted by Crippen LogP contribution is 2.22. The van der Waals surface area contributed by atoms with Gasteiger partial charge in [-0.25, -0.2) is 0 Å². The van der Waals surface area contributed by atoms with Crippen molar-refractivity contribution in [2.24, 2.45) is 5.73 Å². The van der Waals surface area contributed by atoms with E-state index in [-0.39, 0.29) is 5.91 Å². The summed E-state index contributed by atoms with van der Waals surface area (Å²) in [5.74, 6) is -0.181. The SMILES string of the molecule is C=C/C=C(\C=C/C)N(C(=O)c1ccccc1)C(/C=C\C)=C(\N)C=C. The maximum absolute atomic E-state index is 13.1. The standard InChI is InChI=1S/C21H24N2O/c1-5-12-18(13-6-2)23(20(14-7-3)19(22)8-4)21(24)17-15-10-9-11-16-17/h5-16H,1,4,22H2,2-3H3/b13-6-,14-7-,18-12+,20-19-. The molecule has 1 aromatic carbocycles. The highest BCUT2D eigenvalue weighted by Gasteiger charge is 2.22. The summed E-state index contributed by atoms with van der Waals surface area (Å²) >= 11 is 0. The van der Waals surface area contributed by atoms with Crippen LogP contribution >= 0.6 is 0 Å². The fraction of sp³-hybridized carbons (Fsp3) is 0.0952. The molecule has 0 radical (unpaired) electrons. The molecule has 0 bridgehead atoms. The molecule has 0 aliphatic carbocycles. The van der Waals surface area contributed by atoms with E-state index in [1.54, 1.807) is 35.3 Å². The van der Waals surface area contributed by atoms with Crippen LogP contribution < -0.4 is 5.73 Å². The Hall–Kier alpha value is -3.07. The van der Waals surface area contributed by atoms with E-state index < -0.39 is 0 Å². The summed E-state index contributed by atoms with van der Waals surface area (Å²) in [4.78, 5) is 14.7. The first-order chi connectivity index (χ1) is 11.6. The van der Waals surface area contributed by atoms with Gasteiger partial charge in [0.25, 0.3) is 5.91 Å². The molecule has 0 atom stereocenters. The lowest BCUT2D eigenvalue weighted by molar-refractivity contribution is 0.0851. The summed E-state index contributed by atoms with van der Waals surface area (Å²) in [5, 5.41) is 0. The minimum Gasteiger partial charge on any atom is -0.397 e. The number of benzene rings is 1. The molecular weight excluding hydrogens is 296 g/mol. The van der Waals surface area contributed by atoms with Crippen LogP contribution in [-0.2, 0) is 0 Å². The predicted molar refractivity (Wildman–Crippen MR) is 102 cm³/mol. The van der Waals surface area contributed by atoms with Crippen molar-refractivity contribution in [2.45, 2.75) is 13.8 Å². The van der Waals surface area contributed by atoms with Crippen molar-refractivity contribution >= 4 is 5.91 Å². The summed E-state index contributed by atoms with van der Waals surface area (Å²) in [6.45, 7) is 11.2. The van der Waals surface area contributed by atoms with Crippen molar-refractivity contribution in [1.82, 2.24) is 4.90 Å². The van der Waals surface area contributed by atoms with Crippen LogP contribution in [0.5, 0.6) is 0 Å². The second-order valence-corrected chi connectivity index (χ2v) is 4.88. The Balaban J connectivity index is 3.62. The van der Waals surface area contributed by atoms with E-state index in [4.69, 9.17) is 5.73 Å². The normalized spacial score (nSPS) is 13.0. The number of allylic oxidation sites excluding steroid dienone is 7. The van der Waals surface area contributed by atoms with E-state index in [1.807, 2.05) is 50.3 Å². The largest absolute Gasteiger partial charge is 0.397 e. The van der Waals surface area contributed by atoms with Gasteiger partial charge in [0.15, 0.2) is 0 Å². The summed E-state index contributed by atoms with van der Waals surface area (Å²) in [5.41, 5.74) is 8.30. The number of carbonyl (C=O) groups is 1. The molecule has 0 aliphatic rings. The van der Waals surface area contributed by atoms with Gasteiger partial charge in [-0.15, -0.1) is 0 Å². The van der Waals surface area contributed by atoms with E-state index >= 15 is 0 Å². The molecule has 124 valence electrons. The Kier molecular flexibility index (Phi) is 7.79. The lowest BCUT2D eigenvalue weighted by Gasteiger charge is -2.26. The molecule has 3 nitrogen and oxygen atoms in total. The van der Waals surface area contributed by atoms with E-state index in [1.165, 1.54) is 6.08 Å². The van der Waals surface area contributed by atoms with Crippen LogP contribution in [0.25, 0.3) is 0 Å². The molecule has 2 N–H and O–H groups in total. The van der Waals surface area contributed by atoms with Gasteiger partial charge in [0, 0.05) is 11.3 Å². The molecule has 0 unspecified atom stereocenters. The molecule has 24 heavy (non-hydrogen) atoms. The minimum atomic E-state index is -0.181. The highest BCUT2D eigenvalue weighted by atomic mass is 16.2. The number of hydrogen-bond acceptors (Lipinski definition) is 2. The van der Waals surface area contributed by atoms with E-state index in [9.17, 15) is 4.79 Å². The Labute approximate surface area is 144 Å². The van der Waals surface area contributed by atoms with Gasteiger partial charge in [-0.2, -0.15) is 0 Å². The first-order valence-electron chi connectivity index (χ1n) is 7.70. The van der Waals surface area contributed by atoms with Gasteiger partial charge in [-0.05, 0) is 50.3 Å². The Morgan fingerprint density at radius 1 is 1.08 bits per heavy atom. The predicted octanol–water partition coefficient (Wildman–Crippen LogP) is 4.71. The summed E-state index contributed by atoms with van der Waals surface area (Å²) in [6.07, 6.45) is 12.2. The Morgan fingerprint density at radius 2 is 1.71 bits per heavy atom. The third-order valence-corrected chi connectivity index (χ3v) is 3.19. The van der Waals surface area contributed by atoms with Gasteiger partial charge in [-0.3, -0.25) is 9.69 Å². The first kappa shape index (κ1) is 19.0. The van der Waals surface area contributed by atoms with E-state index in [2.05, 4.69) is 13.2 Å². The van der Waals surface area contributed by atoms with Crippen LogP contribution in [0.15, 0.2) is 103 Å².